The molecule has 2 nitrogen and oxygen atoms in total. The topological polar surface area (TPSA) is 34.1 Å². The van der Waals surface area contributed by atoms with Crippen molar-refractivity contribution in [2.45, 2.75) is 6.42 Å². The number of hydrogen-bond donors (Lipinski definition) is 0. The summed E-state index contributed by atoms with van der Waals surface area (Å²) in [6, 6.07) is 0. The minimum absolute atomic E-state index is 0.0622. The molecule has 0 atom stereocenters. The maximum Gasteiger partial charge on any atom is 0.163 e. The molecule has 0 aromatic carbocycles. The van der Waals surface area contributed by atoms with Gasteiger partial charge in [0.15, 0.2) is 11.6 Å². The molecule has 0 amide bonds. The highest BCUT2D eigenvalue weighted by Gasteiger charge is 2.06. The van der Waals surface area contributed by atoms with Crippen LogP contribution in [-0.2, 0) is 9.59 Å². The van der Waals surface area contributed by atoms with Gasteiger partial charge in [-0.25, -0.2) is 0 Å². The minimum atomic E-state index is -0.152. The van der Waals surface area contributed by atoms with Gasteiger partial charge >= 0.3 is 0 Å². The summed E-state index contributed by atoms with van der Waals surface area (Å²) < 4.78 is 0. The Kier molecular flexibility index (Phi) is 4.62. The fraction of sp³-hybridized carbons (Fsp3) is 0.176. The molecule has 0 aromatic heterocycles. The molecule has 0 bridgehead atoms. The molecule has 0 unspecified atom stereocenters. The standard InChI is InChI=1S/C17H16O2/c18-16(11-9-14-5-1-2-6-14)13-17(19)12-10-15-7-3-4-8-15/h1-12,14-15H,13H2/b11-9+,12-10+. The number of carbonyl (C=O) groups is 2. The van der Waals surface area contributed by atoms with Crippen molar-refractivity contribution in [3.8, 4) is 0 Å². The van der Waals surface area contributed by atoms with E-state index in [1.807, 2.05) is 60.8 Å². The van der Waals surface area contributed by atoms with E-state index in [-0.39, 0.29) is 29.8 Å². The molecule has 2 aliphatic carbocycles. The van der Waals surface area contributed by atoms with Gasteiger partial charge in [-0.3, -0.25) is 9.59 Å². The Hall–Kier alpha value is -2.22. The van der Waals surface area contributed by atoms with Crippen molar-refractivity contribution in [3.05, 3.63) is 72.9 Å². The van der Waals surface area contributed by atoms with Crippen molar-refractivity contribution in [2.24, 2.45) is 11.8 Å². The third-order valence-corrected chi connectivity index (χ3v) is 2.91. The Morgan fingerprint density at radius 3 is 1.47 bits per heavy atom. The minimum Gasteiger partial charge on any atom is -0.294 e. The average Bonchev–Trinajstić information content (AvgIpc) is 3.07. The summed E-state index contributed by atoms with van der Waals surface area (Å²) in [6.45, 7) is 0. The number of rotatable bonds is 6. The number of ketones is 2. The molecule has 96 valence electrons. The van der Waals surface area contributed by atoms with Gasteiger partial charge in [0.2, 0.25) is 0 Å². The van der Waals surface area contributed by atoms with E-state index in [0.717, 1.165) is 0 Å². The molecule has 0 fully saturated rings. The first-order valence-corrected chi connectivity index (χ1v) is 6.36. The van der Waals surface area contributed by atoms with E-state index in [1.165, 1.54) is 12.2 Å². The van der Waals surface area contributed by atoms with E-state index in [2.05, 4.69) is 0 Å². The van der Waals surface area contributed by atoms with Gasteiger partial charge in [0.1, 0.15) is 0 Å². The second-order valence-electron chi connectivity index (χ2n) is 4.52. The SMILES string of the molecule is O=C(/C=C/C1C=CC=C1)CC(=O)/C=C/C1C=CC=C1. The largest absolute Gasteiger partial charge is 0.294 e. The van der Waals surface area contributed by atoms with Crippen molar-refractivity contribution >= 4 is 11.6 Å². The highest BCUT2D eigenvalue weighted by molar-refractivity contribution is 6.08. The Morgan fingerprint density at radius 2 is 1.11 bits per heavy atom. The molecular formula is C17H16O2. The fourth-order valence-corrected chi connectivity index (χ4v) is 1.88. The lowest BCUT2D eigenvalue weighted by Gasteiger charge is -1.96. The molecule has 0 radical (unpaired) electrons. The summed E-state index contributed by atoms with van der Waals surface area (Å²) in [5, 5.41) is 0. The van der Waals surface area contributed by atoms with Crippen molar-refractivity contribution in [1.29, 1.82) is 0 Å². The molecule has 19 heavy (non-hydrogen) atoms. The second-order valence-corrected chi connectivity index (χ2v) is 4.52. The monoisotopic (exact) mass is 252 g/mol. The van der Waals surface area contributed by atoms with Gasteiger partial charge < -0.3 is 0 Å². The lowest BCUT2D eigenvalue weighted by Crippen LogP contribution is -2.03. The van der Waals surface area contributed by atoms with Gasteiger partial charge in [0.25, 0.3) is 0 Å². The van der Waals surface area contributed by atoms with Gasteiger partial charge in [-0.1, -0.05) is 60.8 Å². The zero-order valence-corrected chi connectivity index (χ0v) is 10.6. The highest BCUT2D eigenvalue weighted by atomic mass is 16.1. The van der Waals surface area contributed by atoms with Crippen LogP contribution in [0.3, 0.4) is 0 Å². The van der Waals surface area contributed by atoms with Crippen molar-refractivity contribution < 1.29 is 9.59 Å². The summed E-state index contributed by atoms with van der Waals surface area (Å²) in [6.07, 6.45) is 22.3. The first-order valence-electron chi connectivity index (χ1n) is 6.36. The molecule has 2 rings (SSSR count). The van der Waals surface area contributed by atoms with Gasteiger partial charge in [0, 0.05) is 11.8 Å². The maximum absolute atomic E-state index is 11.6. The van der Waals surface area contributed by atoms with Crippen LogP contribution in [0.25, 0.3) is 0 Å². The summed E-state index contributed by atoms with van der Waals surface area (Å²) in [4.78, 5) is 23.2. The van der Waals surface area contributed by atoms with Crippen LogP contribution in [0.2, 0.25) is 0 Å². The molecule has 0 N–H and O–H groups in total. The zero-order chi connectivity index (χ0) is 13.5. The van der Waals surface area contributed by atoms with Crippen molar-refractivity contribution in [2.75, 3.05) is 0 Å². The second kappa shape index (κ2) is 6.64. The van der Waals surface area contributed by atoms with E-state index in [0.29, 0.717) is 0 Å². The van der Waals surface area contributed by atoms with E-state index < -0.39 is 0 Å². The Morgan fingerprint density at radius 1 is 0.737 bits per heavy atom. The summed E-state index contributed by atoms with van der Waals surface area (Å²) in [5.74, 6) is 0.0634. The van der Waals surface area contributed by atoms with E-state index in [4.69, 9.17) is 0 Å². The van der Waals surface area contributed by atoms with Gasteiger partial charge in [-0.15, -0.1) is 0 Å². The van der Waals surface area contributed by atoms with Crippen LogP contribution in [0, 0.1) is 11.8 Å². The van der Waals surface area contributed by atoms with Crippen LogP contribution in [0.4, 0.5) is 0 Å². The van der Waals surface area contributed by atoms with Crippen LogP contribution < -0.4 is 0 Å². The smallest absolute Gasteiger partial charge is 0.163 e. The zero-order valence-electron chi connectivity index (χ0n) is 10.6. The van der Waals surface area contributed by atoms with E-state index in [9.17, 15) is 9.59 Å². The summed E-state index contributed by atoms with van der Waals surface area (Å²) in [5.41, 5.74) is 0. The fourth-order valence-electron chi connectivity index (χ4n) is 1.88. The average molecular weight is 252 g/mol. The third-order valence-electron chi connectivity index (χ3n) is 2.91. The molecule has 0 aromatic rings. The quantitative estimate of drug-likeness (QED) is 0.537. The van der Waals surface area contributed by atoms with Crippen LogP contribution in [0.1, 0.15) is 6.42 Å². The van der Waals surface area contributed by atoms with Gasteiger partial charge in [-0.2, -0.15) is 0 Å². The molecule has 0 heterocycles. The molecule has 0 spiro atoms. The number of carbonyl (C=O) groups excluding carboxylic acids is 2. The first kappa shape index (κ1) is 13.2. The normalized spacial score (nSPS) is 18.5. The Bertz CT molecular complexity index is 455. The first-order chi connectivity index (χ1) is 9.24. The highest BCUT2D eigenvalue weighted by Crippen LogP contribution is 2.11. The molecule has 0 aliphatic heterocycles. The number of hydrogen-bond acceptors (Lipinski definition) is 2. The molecule has 0 saturated carbocycles. The summed E-state index contributed by atoms with van der Waals surface area (Å²) in [7, 11) is 0. The predicted molar refractivity (Wildman–Crippen MR) is 76.5 cm³/mol. The molecule has 2 heteroatoms. The lowest BCUT2D eigenvalue weighted by molar-refractivity contribution is -0.121. The lowest BCUT2D eigenvalue weighted by atomic mass is 10.1. The van der Waals surface area contributed by atoms with Crippen molar-refractivity contribution in [3.63, 3.8) is 0 Å². The number of allylic oxidation sites excluding steroid dienone is 12. The van der Waals surface area contributed by atoms with Crippen LogP contribution in [0.5, 0.6) is 0 Å². The van der Waals surface area contributed by atoms with E-state index in [1.54, 1.807) is 0 Å². The third kappa shape index (κ3) is 4.51. The van der Waals surface area contributed by atoms with Gasteiger partial charge in [-0.05, 0) is 12.2 Å². The molecule has 2 aliphatic rings. The Balaban J connectivity index is 1.76. The van der Waals surface area contributed by atoms with E-state index >= 15 is 0 Å². The predicted octanol–water partition coefficient (Wildman–Crippen LogP) is 3.11. The summed E-state index contributed by atoms with van der Waals surface area (Å²) >= 11 is 0. The maximum atomic E-state index is 11.6. The van der Waals surface area contributed by atoms with Crippen LogP contribution >= 0.6 is 0 Å². The molecule has 0 saturated heterocycles. The molecular weight excluding hydrogens is 236 g/mol. The van der Waals surface area contributed by atoms with Gasteiger partial charge in [0.05, 0.1) is 6.42 Å². The van der Waals surface area contributed by atoms with Crippen LogP contribution in [0.15, 0.2) is 72.9 Å². The van der Waals surface area contributed by atoms with Crippen molar-refractivity contribution in [1.82, 2.24) is 0 Å². The Labute approximate surface area is 113 Å². The van der Waals surface area contributed by atoms with Crippen LogP contribution in [-0.4, -0.2) is 11.6 Å².